The van der Waals surface area contributed by atoms with Gasteiger partial charge in [-0.25, -0.2) is 9.67 Å². The molecular weight excluding hydrogens is 537 g/mol. The summed E-state index contributed by atoms with van der Waals surface area (Å²) in [6.45, 7) is 6.58. The third-order valence-electron chi connectivity index (χ3n) is 6.26. The van der Waals surface area contributed by atoms with Crippen LogP contribution in [-0.4, -0.2) is 44.3 Å². The first-order valence-electron chi connectivity index (χ1n) is 12.7. The molecule has 4 aromatic rings. The van der Waals surface area contributed by atoms with Crippen molar-refractivity contribution in [2.45, 2.75) is 39.1 Å². The van der Waals surface area contributed by atoms with Crippen LogP contribution in [0.1, 0.15) is 37.8 Å². The van der Waals surface area contributed by atoms with Crippen molar-refractivity contribution in [3.8, 4) is 22.8 Å². The highest BCUT2D eigenvalue weighted by Gasteiger charge is 2.31. The summed E-state index contributed by atoms with van der Waals surface area (Å²) in [5.74, 6) is 1.53. The van der Waals surface area contributed by atoms with E-state index in [9.17, 15) is 13.2 Å². The molecule has 0 saturated carbocycles. The number of rotatable bonds is 7. The number of para-hydroxylation sites is 1. The number of ether oxygens (including phenoxy) is 1. The third kappa shape index (κ3) is 6.36. The molecule has 5 rings (SSSR count). The van der Waals surface area contributed by atoms with Gasteiger partial charge in [0.25, 0.3) is 0 Å². The second-order valence-corrected chi connectivity index (χ2v) is 10.5. The molecule has 1 saturated heterocycles. The van der Waals surface area contributed by atoms with E-state index in [1.807, 2.05) is 24.3 Å². The van der Waals surface area contributed by atoms with Gasteiger partial charge in [-0.1, -0.05) is 68.1 Å². The van der Waals surface area contributed by atoms with Crippen LogP contribution in [0.25, 0.3) is 17.1 Å². The lowest BCUT2D eigenvalue weighted by molar-refractivity contribution is -0.274. The van der Waals surface area contributed by atoms with Crippen LogP contribution >= 0.6 is 11.8 Å². The lowest BCUT2D eigenvalue weighted by atomic mass is 10.00. The van der Waals surface area contributed by atoms with Crippen molar-refractivity contribution < 1.29 is 17.9 Å². The fraction of sp³-hybridized carbons (Fsp3) is 0.241. The second-order valence-electron chi connectivity index (χ2n) is 9.55. The first-order chi connectivity index (χ1) is 19.2. The second kappa shape index (κ2) is 11.5. The fourth-order valence-corrected chi connectivity index (χ4v) is 5.39. The van der Waals surface area contributed by atoms with Crippen LogP contribution < -0.4 is 9.64 Å². The predicted molar refractivity (Wildman–Crippen MR) is 153 cm³/mol. The minimum atomic E-state index is -4.74. The van der Waals surface area contributed by atoms with Crippen LogP contribution in [0, 0.1) is 0 Å². The molecule has 11 heteroatoms. The van der Waals surface area contributed by atoms with Gasteiger partial charge in [-0.3, -0.25) is 0 Å². The van der Waals surface area contributed by atoms with Crippen LogP contribution in [0.2, 0.25) is 0 Å². The van der Waals surface area contributed by atoms with Gasteiger partial charge in [0.15, 0.2) is 11.0 Å². The Bertz CT molecular complexity index is 1510. The van der Waals surface area contributed by atoms with Gasteiger partial charge in [0, 0.05) is 23.0 Å². The number of halogens is 3. The summed E-state index contributed by atoms with van der Waals surface area (Å²) in [6.07, 6.45) is -1.52. The van der Waals surface area contributed by atoms with Crippen LogP contribution in [0.4, 0.5) is 18.9 Å². The first-order valence-corrected chi connectivity index (χ1v) is 13.7. The summed E-state index contributed by atoms with van der Waals surface area (Å²) >= 11 is 1.70. The van der Waals surface area contributed by atoms with Gasteiger partial charge in [-0.2, -0.15) is 5.10 Å². The van der Waals surface area contributed by atoms with Gasteiger partial charge in [0.05, 0.1) is 11.9 Å². The standard InChI is InChI=1S/C29H27F3N6OS/c1-19(2)25-6-4-5-7-26(25)38-20(3)17-40-28(38)35-34-16-21-8-10-22(11-9-21)27-33-18-37(36-27)23-12-14-24(15-13-23)39-29(30,31)32/h4-16,18-20H,17H2,1-3H3/b34-16-,35-28+. The van der Waals surface area contributed by atoms with E-state index in [-0.39, 0.29) is 5.75 Å². The zero-order chi connectivity index (χ0) is 28.3. The van der Waals surface area contributed by atoms with Crippen molar-refractivity contribution in [1.29, 1.82) is 0 Å². The third-order valence-corrected chi connectivity index (χ3v) is 7.45. The van der Waals surface area contributed by atoms with Crippen molar-refractivity contribution >= 4 is 28.8 Å². The van der Waals surface area contributed by atoms with Gasteiger partial charge in [-0.15, -0.1) is 23.4 Å². The molecule has 206 valence electrons. The van der Waals surface area contributed by atoms with E-state index in [4.69, 9.17) is 0 Å². The van der Waals surface area contributed by atoms with Crippen LogP contribution in [-0.2, 0) is 0 Å². The maximum Gasteiger partial charge on any atom is 0.573 e. The largest absolute Gasteiger partial charge is 0.573 e. The molecule has 2 heterocycles. The number of hydrogen-bond donors (Lipinski definition) is 0. The SMILES string of the molecule is CC(C)c1ccccc1N1/C(=N\N=C/c2ccc(-c3ncn(-c4ccc(OC(F)(F)F)cc4)n3)cc2)SCC1C. The Kier molecular flexibility index (Phi) is 7.92. The number of hydrogen-bond acceptors (Lipinski definition) is 6. The summed E-state index contributed by atoms with van der Waals surface area (Å²) in [5, 5.41) is 14.2. The summed E-state index contributed by atoms with van der Waals surface area (Å²) < 4.78 is 42.6. The highest BCUT2D eigenvalue weighted by atomic mass is 32.2. The lowest BCUT2D eigenvalue weighted by Crippen LogP contribution is -2.32. The molecular formula is C29H27F3N6OS. The van der Waals surface area contributed by atoms with E-state index in [1.54, 1.807) is 18.0 Å². The van der Waals surface area contributed by atoms with E-state index in [0.717, 1.165) is 22.0 Å². The number of amidine groups is 1. The van der Waals surface area contributed by atoms with Gasteiger partial charge in [0.2, 0.25) is 0 Å². The quantitative estimate of drug-likeness (QED) is 0.174. The maximum atomic E-state index is 12.4. The van der Waals surface area contributed by atoms with Crippen LogP contribution in [0.3, 0.4) is 0 Å². The van der Waals surface area contributed by atoms with Crippen LogP contribution in [0.5, 0.6) is 5.75 Å². The van der Waals surface area contributed by atoms with E-state index in [2.05, 4.69) is 75.0 Å². The van der Waals surface area contributed by atoms with E-state index >= 15 is 0 Å². The Labute approximate surface area is 234 Å². The number of thioether (sulfide) groups is 1. The molecule has 1 aromatic heterocycles. The zero-order valence-electron chi connectivity index (χ0n) is 22.1. The molecule has 0 aliphatic carbocycles. The monoisotopic (exact) mass is 564 g/mol. The van der Waals surface area contributed by atoms with E-state index in [1.165, 1.54) is 46.5 Å². The number of benzene rings is 3. The van der Waals surface area contributed by atoms with E-state index < -0.39 is 6.36 Å². The molecule has 0 amide bonds. The summed E-state index contributed by atoms with van der Waals surface area (Å²) in [6, 6.07) is 21.7. The average Bonchev–Trinajstić information content (AvgIpc) is 3.56. The summed E-state index contributed by atoms with van der Waals surface area (Å²) in [5.41, 5.74) is 4.67. The number of nitrogens with zero attached hydrogens (tertiary/aromatic N) is 6. The van der Waals surface area contributed by atoms with E-state index in [0.29, 0.717) is 23.5 Å². The van der Waals surface area contributed by atoms with Crippen LogP contribution in [0.15, 0.2) is 89.3 Å². The van der Waals surface area contributed by atoms with Crippen molar-refractivity contribution in [2.75, 3.05) is 10.7 Å². The van der Waals surface area contributed by atoms with Gasteiger partial charge >= 0.3 is 6.36 Å². The Morgan fingerprint density at radius 2 is 1.75 bits per heavy atom. The molecule has 40 heavy (non-hydrogen) atoms. The topological polar surface area (TPSA) is 67.9 Å². The van der Waals surface area contributed by atoms with Crippen molar-refractivity contribution in [2.24, 2.45) is 10.2 Å². The van der Waals surface area contributed by atoms with Crippen molar-refractivity contribution in [3.05, 3.63) is 90.3 Å². The molecule has 0 spiro atoms. The summed E-state index contributed by atoms with van der Waals surface area (Å²) in [4.78, 5) is 6.59. The van der Waals surface area contributed by atoms with Gasteiger partial charge in [0.1, 0.15) is 12.1 Å². The lowest BCUT2D eigenvalue weighted by Gasteiger charge is -2.26. The average molecular weight is 565 g/mol. The first kappa shape index (κ1) is 27.4. The van der Waals surface area contributed by atoms with Crippen molar-refractivity contribution in [3.63, 3.8) is 0 Å². The molecule has 1 unspecified atom stereocenters. The highest BCUT2D eigenvalue weighted by molar-refractivity contribution is 8.14. The number of anilines is 1. The smallest absolute Gasteiger partial charge is 0.406 e. The maximum absolute atomic E-state index is 12.4. The minimum absolute atomic E-state index is 0.298. The van der Waals surface area contributed by atoms with Crippen molar-refractivity contribution in [1.82, 2.24) is 14.8 Å². The Balaban J connectivity index is 1.27. The molecule has 1 fully saturated rings. The Morgan fingerprint density at radius 1 is 1.02 bits per heavy atom. The molecule has 0 bridgehead atoms. The number of aromatic nitrogens is 3. The normalized spacial score (nSPS) is 16.9. The Morgan fingerprint density at radius 3 is 2.45 bits per heavy atom. The molecule has 7 nitrogen and oxygen atoms in total. The molecule has 0 radical (unpaired) electrons. The summed E-state index contributed by atoms with van der Waals surface area (Å²) in [7, 11) is 0. The van der Waals surface area contributed by atoms with Gasteiger partial charge in [-0.05, 0) is 54.3 Å². The highest BCUT2D eigenvalue weighted by Crippen LogP contribution is 2.35. The zero-order valence-corrected chi connectivity index (χ0v) is 22.9. The predicted octanol–water partition coefficient (Wildman–Crippen LogP) is 7.29. The molecule has 1 aliphatic heterocycles. The van der Waals surface area contributed by atoms with Gasteiger partial charge < -0.3 is 9.64 Å². The number of alkyl halides is 3. The Hall–Kier alpha value is -4.12. The fourth-order valence-electron chi connectivity index (χ4n) is 4.32. The minimum Gasteiger partial charge on any atom is -0.406 e. The molecule has 0 N–H and O–H groups in total. The molecule has 3 aromatic carbocycles. The molecule has 1 aliphatic rings. The molecule has 1 atom stereocenters.